The number of nitrogens with zero attached hydrogens (tertiary/aromatic N) is 1. The zero-order chi connectivity index (χ0) is 14.5. The van der Waals surface area contributed by atoms with E-state index in [9.17, 15) is 9.59 Å². The third-order valence-electron chi connectivity index (χ3n) is 3.23. The first-order valence-electron chi connectivity index (χ1n) is 6.89. The number of carbonyl (C=O) groups excluding carboxylic acids is 1. The topological polar surface area (TPSA) is 71.8 Å². The zero-order valence-electron chi connectivity index (χ0n) is 11.8. The largest absolute Gasteiger partial charge is 0.490 e. The summed E-state index contributed by atoms with van der Waals surface area (Å²) in [6.45, 7) is 5.57. The van der Waals surface area contributed by atoms with Gasteiger partial charge < -0.3 is 19.4 Å². The smallest absolute Gasteiger partial charge is 0.339 e. The Morgan fingerprint density at radius 2 is 2.15 bits per heavy atom. The molecule has 2 rings (SSSR count). The fourth-order valence-corrected chi connectivity index (χ4v) is 2.28. The van der Waals surface area contributed by atoms with E-state index in [-0.39, 0.29) is 12.1 Å². The van der Waals surface area contributed by atoms with Gasteiger partial charge in [-0.2, -0.15) is 0 Å². The minimum absolute atomic E-state index is 0.0258. The van der Waals surface area contributed by atoms with Crippen LogP contribution in [0.3, 0.4) is 0 Å². The second-order valence-electron chi connectivity index (χ2n) is 4.86. The summed E-state index contributed by atoms with van der Waals surface area (Å²) in [5, 5.41) is 2.79. The van der Waals surface area contributed by atoms with E-state index in [0.29, 0.717) is 31.1 Å². The van der Waals surface area contributed by atoms with Crippen LogP contribution in [0.15, 0.2) is 21.3 Å². The molecule has 6 heteroatoms. The predicted octanol–water partition coefficient (Wildman–Crippen LogP) is 1.52. The fourth-order valence-electron chi connectivity index (χ4n) is 2.28. The van der Waals surface area contributed by atoms with E-state index >= 15 is 0 Å². The summed E-state index contributed by atoms with van der Waals surface area (Å²) in [6.07, 6.45) is 1.55. The molecular formula is C14H20N2O4. The summed E-state index contributed by atoms with van der Waals surface area (Å²) in [5.74, 6) is 1.07. The maximum Gasteiger partial charge on any atom is 0.339 e. The van der Waals surface area contributed by atoms with Crippen molar-refractivity contribution < 1.29 is 13.9 Å². The summed E-state index contributed by atoms with van der Waals surface area (Å²) in [7, 11) is 0. The maximum atomic E-state index is 11.7. The predicted molar refractivity (Wildman–Crippen MR) is 74.0 cm³/mol. The van der Waals surface area contributed by atoms with Crippen molar-refractivity contribution in [2.45, 2.75) is 32.8 Å². The lowest BCUT2D eigenvalue weighted by Gasteiger charge is -2.32. The molecule has 0 aliphatic carbocycles. The van der Waals surface area contributed by atoms with Crippen LogP contribution >= 0.6 is 0 Å². The van der Waals surface area contributed by atoms with Crippen LogP contribution < -0.4 is 15.7 Å². The van der Waals surface area contributed by atoms with Crippen LogP contribution in [-0.2, 0) is 0 Å². The highest BCUT2D eigenvalue weighted by Crippen LogP contribution is 2.18. The van der Waals surface area contributed by atoms with Gasteiger partial charge in [-0.1, -0.05) is 0 Å². The van der Waals surface area contributed by atoms with Crippen LogP contribution in [0.4, 0.5) is 4.79 Å². The van der Waals surface area contributed by atoms with Gasteiger partial charge in [0.2, 0.25) is 0 Å². The van der Waals surface area contributed by atoms with Crippen LogP contribution in [0.25, 0.3) is 0 Å². The maximum absolute atomic E-state index is 11.7. The van der Waals surface area contributed by atoms with Crippen LogP contribution in [0.2, 0.25) is 0 Å². The summed E-state index contributed by atoms with van der Waals surface area (Å²) in [6, 6.07) is 3.03. The third-order valence-corrected chi connectivity index (χ3v) is 3.23. The number of carbonyl (C=O) groups is 1. The molecule has 2 amide bonds. The zero-order valence-corrected chi connectivity index (χ0v) is 11.8. The van der Waals surface area contributed by atoms with Crippen LogP contribution in [0.5, 0.6) is 5.75 Å². The van der Waals surface area contributed by atoms with Crippen LogP contribution in [0, 0.1) is 6.92 Å². The van der Waals surface area contributed by atoms with Crippen molar-refractivity contribution in [2.75, 3.05) is 19.6 Å². The number of ether oxygens (including phenoxy) is 1. The minimum Gasteiger partial charge on any atom is -0.490 e. The SMILES string of the molecule is CCNC(=O)N1CCC(Oc2cc(C)oc(=O)c2)CC1. The van der Waals surface area contributed by atoms with Crippen molar-refractivity contribution >= 4 is 6.03 Å². The number of rotatable bonds is 3. The molecule has 20 heavy (non-hydrogen) atoms. The fraction of sp³-hybridized carbons (Fsp3) is 0.571. The molecule has 1 fully saturated rings. The number of likely N-dealkylation sites (tertiary alicyclic amines) is 1. The lowest BCUT2D eigenvalue weighted by molar-refractivity contribution is 0.110. The molecule has 0 unspecified atom stereocenters. The highest BCUT2D eigenvalue weighted by Gasteiger charge is 2.23. The highest BCUT2D eigenvalue weighted by atomic mass is 16.5. The number of nitrogens with one attached hydrogen (secondary N) is 1. The summed E-state index contributed by atoms with van der Waals surface area (Å²) in [4.78, 5) is 24.7. The number of hydrogen-bond donors (Lipinski definition) is 1. The molecule has 0 aromatic carbocycles. The molecule has 0 saturated carbocycles. The van der Waals surface area contributed by atoms with E-state index in [1.54, 1.807) is 17.9 Å². The first kappa shape index (κ1) is 14.4. The lowest BCUT2D eigenvalue weighted by atomic mass is 10.1. The standard InChI is InChI=1S/C14H20N2O4/c1-3-15-14(18)16-6-4-11(5-7-16)20-12-8-10(2)19-13(17)9-12/h8-9,11H,3-7H2,1-2H3,(H,15,18). The first-order chi connectivity index (χ1) is 9.58. The van der Waals surface area contributed by atoms with E-state index in [2.05, 4.69) is 5.32 Å². The average Bonchev–Trinajstić information content (AvgIpc) is 2.38. The van der Waals surface area contributed by atoms with Gasteiger partial charge in [-0.25, -0.2) is 9.59 Å². The van der Waals surface area contributed by atoms with E-state index in [1.807, 2.05) is 6.92 Å². The molecule has 6 nitrogen and oxygen atoms in total. The normalized spacial score (nSPS) is 16.0. The monoisotopic (exact) mass is 280 g/mol. The summed E-state index contributed by atoms with van der Waals surface area (Å²) in [5.41, 5.74) is -0.403. The molecule has 1 aliphatic rings. The molecule has 0 atom stereocenters. The van der Waals surface area contributed by atoms with Gasteiger partial charge in [0, 0.05) is 38.5 Å². The van der Waals surface area contributed by atoms with Gasteiger partial charge in [-0.3, -0.25) is 0 Å². The Labute approximate surface area is 117 Å². The molecule has 1 N–H and O–H groups in total. The molecule has 1 aromatic rings. The summed E-state index contributed by atoms with van der Waals surface area (Å²) < 4.78 is 10.7. The van der Waals surface area contributed by atoms with Crippen LogP contribution in [0.1, 0.15) is 25.5 Å². The highest BCUT2D eigenvalue weighted by molar-refractivity contribution is 5.74. The number of amides is 2. The van der Waals surface area contributed by atoms with E-state index < -0.39 is 5.63 Å². The Morgan fingerprint density at radius 1 is 1.45 bits per heavy atom. The van der Waals surface area contributed by atoms with Gasteiger partial charge in [-0.15, -0.1) is 0 Å². The Hall–Kier alpha value is -1.98. The Kier molecular flexibility index (Phi) is 4.65. The van der Waals surface area contributed by atoms with Crippen molar-refractivity contribution in [3.63, 3.8) is 0 Å². The van der Waals surface area contributed by atoms with Gasteiger partial charge in [0.05, 0.1) is 6.07 Å². The van der Waals surface area contributed by atoms with Crippen molar-refractivity contribution in [1.82, 2.24) is 10.2 Å². The molecular weight excluding hydrogens is 260 g/mol. The Morgan fingerprint density at radius 3 is 2.75 bits per heavy atom. The Balaban J connectivity index is 1.88. The molecule has 1 saturated heterocycles. The van der Waals surface area contributed by atoms with E-state index in [0.717, 1.165) is 12.8 Å². The number of hydrogen-bond acceptors (Lipinski definition) is 4. The van der Waals surface area contributed by atoms with Gasteiger partial charge in [0.25, 0.3) is 0 Å². The molecule has 0 radical (unpaired) electrons. The molecule has 110 valence electrons. The van der Waals surface area contributed by atoms with Crippen molar-refractivity contribution in [1.29, 1.82) is 0 Å². The molecule has 1 aliphatic heterocycles. The van der Waals surface area contributed by atoms with Crippen molar-refractivity contribution in [3.8, 4) is 5.75 Å². The number of piperidine rings is 1. The van der Waals surface area contributed by atoms with E-state index in [1.165, 1.54) is 6.07 Å². The van der Waals surface area contributed by atoms with E-state index in [4.69, 9.17) is 9.15 Å². The average molecular weight is 280 g/mol. The molecule has 0 spiro atoms. The minimum atomic E-state index is -0.403. The molecule has 0 bridgehead atoms. The number of urea groups is 1. The van der Waals surface area contributed by atoms with Gasteiger partial charge >= 0.3 is 11.7 Å². The van der Waals surface area contributed by atoms with Gasteiger partial charge in [0.1, 0.15) is 17.6 Å². The van der Waals surface area contributed by atoms with Crippen molar-refractivity contribution in [3.05, 3.63) is 28.3 Å². The van der Waals surface area contributed by atoms with Crippen molar-refractivity contribution in [2.24, 2.45) is 0 Å². The second kappa shape index (κ2) is 6.45. The van der Waals surface area contributed by atoms with Gasteiger partial charge in [-0.05, 0) is 13.8 Å². The molecule has 2 heterocycles. The second-order valence-corrected chi connectivity index (χ2v) is 4.86. The first-order valence-corrected chi connectivity index (χ1v) is 6.89. The summed E-state index contributed by atoms with van der Waals surface area (Å²) >= 11 is 0. The Bertz CT molecular complexity index is 518. The van der Waals surface area contributed by atoms with Gasteiger partial charge in [0.15, 0.2) is 0 Å². The third kappa shape index (κ3) is 3.76. The van der Waals surface area contributed by atoms with Crippen LogP contribution in [-0.4, -0.2) is 36.7 Å². The lowest BCUT2D eigenvalue weighted by Crippen LogP contribution is -2.46. The molecule has 1 aromatic heterocycles. The quantitative estimate of drug-likeness (QED) is 0.911. The number of aryl methyl sites for hydroxylation is 1.